The molecule has 1 aromatic carbocycles. The van der Waals surface area contributed by atoms with Gasteiger partial charge >= 0.3 is 0 Å². The van der Waals surface area contributed by atoms with Crippen LogP contribution in [0.25, 0.3) is 0 Å². The number of rotatable bonds is 5. The SMILES string of the molecule is NC(=S)COc1ccc(NC(=O)c2cnccn2)cc1. The van der Waals surface area contributed by atoms with Gasteiger partial charge in [-0.2, -0.15) is 0 Å². The van der Waals surface area contributed by atoms with Gasteiger partial charge in [0, 0.05) is 18.1 Å². The second-order valence-corrected chi connectivity index (χ2v) is 4.35. The van der Waals surface area contributed by atoms with Gasteiger partial charge in [0.15, 0.2) is 0 Å². The molecule has 3 N–H and O–H groups in total. The number of benzene rings is 1. The van der Waals surface area contributed by atoms with Gasteiger partial charge in [0.05, 0.1) is 6.20 Å². The predicted molar refractivity (Wildman–Crippen MR) is 78.7 cm³/mol. The predicted octanol–water partition coefficient (Wildman–Crippen LogP) is 1.39. The summed E-state index contributed by atoms with van der Waals surface area (Å²) in [5.41, 5.74) is 6.22. The fraction of sp³-hybridized carbons (Fsp3) is 0.0769. The van der Waals surface area contributed by atoms with Gasteiger partial charge in [0.25, 0.3) is 5.91 Å². The van der Waals surface area contributed by atoms with Gasteiger partial charge in [0.1, 0.15) is 23.0 Å². The van der Waals surface area contributed by atoms with E-state index in [9.17, 15) is 4.79 Å². The van der Waals surface area contributed by atoms with Crippen LogP contribution in [0.4, 0.5) is 5.69 Å². The lowest BCUT2D eigenvalue weighted by Gasteiger charge is -2.07. The smallest absolute Gasteiger partial charge is 0.275 e. The molecule has 1 amide bonds. The second kappa shape index (κ2) is 6.58. The van der Waals surface area contributed by atoms with Crippen LogP contribution in [0.2, 0.25) is 0 Å². The Morgan fingerprint density at radius 3 is 2.65 bits per heavy atom. The molecule has 20 heavy (non-hydrogen) atoms. The first-order valence-electron chi connectivity index (χ1n) is 5.73. The van der Waals surface area contributed by atoms with Gasteiger partial charge < -0.3 is 15.8 Å². The third kappa shape index (κ3) is 3.99. The van der Waals surface area contributed by atoms with Crippen LogP contribution in [-0.4, -0.2) is 27.5 Å². The normalized spacial score (nSPS) is 9.80. The number of nitrogens with one attached hydrogen (secondary N) is 1. The van der Waals surface area contributed by atoms with Crippen LogP contribution < -0.4 is 15.8 Å². The Bertz CT molecular complexity index is 602. The number of anilines is 1. The van der Waals surface area contributed by atoms with Gasteiger partial charge in [-0.15, -0.1) is 0 Å². The van der Waals surface area contributed by atoms with E-state index in [1.807, 2.05) is 0 Å². The molecule has 2 aromatic rings. The summed E-state index contributed by atoms with van der Waals surface area (Å²) in [6, 6.07) is 6.85. The van der Waals surface area contributed by atoms with Gasteiger partial charge in [0.2, 0.25) is 0 Å². The molecule has 102 valence electrons. The van der Waals surface area contributed by atoms with Crippen molar-refractivity contribution in [1.29, 1.82) is 0 Å². The number of thiocarbonyl (C=S) groups is 1. The van der Waals surface area contributed by atoms with Crippen molar-refractivity contribution in [3.8, 4) is 5.75 Å². The molecule has 0 bridgehead atoms. The summed E-state index contributed by atoms with van der Waals surface area (Å²) >= 11 is 4.71. The summed E-state index contributed by atoms with van der Waals surface area (Å²) in [6.45, 7) is 0.181. The average molecular weight is 288 g/mol. The summed E-state index contributed by atoms with van der Waals surface area (Å²) in [5.74, 6) is 0.296. The number of carbonyl (C=O) groups excluding carboxylic acids is 1. The van der Waals surface area contributed by atoms with E-state index in [-0.39, 0.29) is 23.2 Å². The Kier molecular flexibility index (Phi) is 4.56. The molecule has 0 aliphatic carbocycles. The Morgan fingerprint density at radius 1 is 1.30 bits per heavy atom. The van der Waals surface area contributed by atoms with E-state index < -0.39 is 0 Å². The number of nitrogens with two attached hydrogens (primary N) is 1. The third-order valence-electron chi connectivity index (χ3n) is 2.29. The van der Waals surface area contributed by atoms with Crippen LogP contribution >= 0.6 is 12.2 Å². The minimum absolute atomic E-state index is 0.181. The highest BCUT2D eigenvalue weighted by Crippen LogP contribution is 2.16. The maximum Gasteiger partial charge on any atom is 0.275 e. The molecule has 6 nitrogen and oxygen atoms in total. The Balaban J connectivity index is 1.97. The first-order chi connectivity index (χ1) is 9.65. The lowest BCUT2D eigenvalue weighted by atomic mass is 10.3. The molecule has 1 aromatic heterocycles. The number of amides is 1. The van der Waals surface area contributed by atoms with Crippen molar-refractivity contribution in [2.45, 2.75) is 0 Å². The van der Waals surface area contributed by atoms with Crippen molar-refractivity contribution < 1.29 is 9.53 Å². The first-order valence-corrected chi connectivity index (χ1v) is 6.14. The number of hydrogen-bond acceptors (Lipinski definition) is 5. The van der Waals surface area contributed by atoms with Crippen LogP contribution in [0.5, 0.6) is 5.75 Å². The van der Waals surface area contributed by atoms with E-state index >= 15 is 0 Å². The van der Waals surface area contributed by atoms with E-state index in [0.29, 0.717) is 11.4 Å². The summed E-state index contributed by atoms with van der Waals surface area (Å²) < 4.78 is 5.31. The molecule has 2 rings (SSSR count). The van der Waals surface area contributed by atoms with Crippen molar-refractivity contribution in [3.63, 3.8) is 0 Å². The number of carbonyl (C=O) groups is 1. The Labute approximate surface area is 121 Å². The van der Waals surface area contributed by atoms with Gasteiger partial charge in [-0.25, -0.2) is 4.98 Å². The summed E-state index contributed by atoms with van der Waals surface area (Å²) in [4.78, 5) is 19.9. The van der Waals surface area contributed by atoms with Crippen LogP contribution in [0.1, 0.15) is 10.5 Å². The highest BCUT2D eigenvalue weighted by atomic mass is 32.1. The summed E-state index contributed by atoms with van der Waals surface area (Å²) in [7, 11) is 0. The zero-order valence-corrected chi connectivity index (χ0v) is 11.3. The van der Waals surface area contributed by atoms with E-state index in [4.69, 9.17) is 22.7 Å². The maximum absolute atomic E-state index is 11.8. The Hall–Kier alpha value is -2.54. The minimum Gasteiger partial charge on any atom is -0.487 e. The molecule has 0 saturated carbocycles. The highest BCUT2D eigenvalue weighted by molar-refractivity contribution is 7.80. The lowest BCUT2D eigenvalue weighted by molar-refractivity contribution is 0.102. The van der Waals surface area contributed by atoms with E-state index in [1.165, 1.54) is 18.6 Å². The van der Waals surface area contributed by atoms with Crippen LogP contribution in [-0.2, 0) is 0 Å². The molecule has 7 heteroatoms. The number of nitrogens with zero attached hydrogens (tertiary/aromatic N) is 2. The van der Waals surface area contributed by atoms with Crippen molar-refractivity contribution >= 4 is 28.8 Å². The molecule has 0 unspecified atom stereocenters. The second-order valence-electron chi connectivity index (χ2n) is 3.82. The number of hydrogen-bond donors (Lipinski definition) is 2. The standard InChI is InChI=1S/C13H12N4O2S/c14-12(20)8-19-10-3-1-9(2-4-10)17-13(18)11-7-15-5-6-16-11/h1-7H,8H2,(H2,14,20)(H,17,18). The zero-order chi connectivity index (χ0) is 14.4. The van der Waals surface area contributed by atoms with Crippen molar-refractivity contribution in [3.05, 3.63) is 48.5 Å². The topological polar surface area (TPSA) is 90.1 Å². The highest BCUT2D eigenvalue weighted by Gasteiger charge is 2.07. The van der Waals surface area contributed by atoms with E-state index in [2.05, 4.69) is 15.3 Å². The van der Waals surface area contributed by atoms with Crippen molar-refractivity contribution in [1.82, 2.24) is 9.97 Å². The molecular weight excluding hydrogens is 276 g/mol. The first kappa shape index (κ1) is 13.9. The van der Waals surface area contributed by atoms with Crippen molar-refractivity contribution in [2.24, 2.45) is 5.73 Å². The quantitative estimate of drug-likeness (QED) is 0.808. The molecular formula is C13H12N4O2S. The number of ether oxygens (including phenoxy) is 1. The molecule has 0 radical (unpaired) electrons. The molecule has 1 heterocycles. The van der Waals surface area contributed by atoms with Crippen molar-refractivity contribution in [2.75, 3.05) is 11.9 Å². The molecule has 0 aliphatic heterocycles. The summed E-state index contributed by atoms with van der Waals surface area (Å²) in [6.07, 6.45) is 4.36. The molecule has 0 fully saturated rings. The largest absolute Gasteiger partial charge is 0.487 e. The van der Waals surface area contributed by atoms with Gasteiger partial charge in [-0.1, -0.05) is 12.2 Å². The Morgan fingerprint density at radius 2 is 2.05 bits per heavy atom. The lowest BCUT2D eigenvalue weighted by Crippen LogP contribution is -2.17. The van der Waals surface area contributed by atoms with E-state index in [0.717, 1.165) is 0 Å². The van der Waals surface area contributed by atoms with Gasteiger partial charge in [-0.05, 0) is 24.3 Å². The molecule has 0 spiro atoms. The van der Waals surface area contributed by atoms with E-state index in [1.54, 1.807) is 24.3 Å². The van der Waals surface area contributed by atoms with Gasteiger partial charge in [-0.3, -0.25) is 9.78 Å². The van der Waals surface area contributed by atoms with Crippen LogP contribution in [0, 0.1) is 0 Å². The third-order valence-corrected chi connectivity index (χ3v) is 2.41. The molecule has 0 saturated heterocycles. The van der Waals surface area contributed by atoms with Crippen LogP contribution in [0.3, 0.4) is 0 Å². The fourth-order valence-electron chi connectivity index (χ4n) is 1.40. The molecule has 0 aliphatic rings. The zero-order valence-electron chi connectivity index (χ0n) is 10.4. The maximum atomic E-state index is 11.8. The minimum atomic E-state index is -0.324. The van der Waals surface area contributed by atoms with Crippen LogP contribution in [0.15, 0.2) is 42.9 Å². The average Bonchev–Trinajstić information content (AvgIpc) is 2.47. The fourth-order valence-corrected chi connectivity index (χ4v) is 1.46. The monoisotopic (exact) mass is 288 g/mol. The summed E-state index contributed by atoms with van der Waals surface area (Å²) in [5, 5.41) is 2.70. The molecule has 0 atom stereocenters. The number of aromatic nitrogens is 2.